The number of benzene rings is 1. The fourth-order valence-corrected chi connectivity index (χ4v) is 2.82. The average molecular weight is 223 g/mol. The summed E-state index contributed by atoms with van der Waals surface area (Å²) in [5.74, 6) is 0.703. The minimum Gasteiger partial charge on any atom is -0.123 e. The summed E-state index contributed by atoms with van der Waals surface area (Å²) in [6, 6.07) is 6.80. The average Bonchev–Trinajstić information content (AvgIpc) is 2.59. The van der Waals surface area contributed by atoms with Gasteiger partial charge in [0.1, 0.15) is 0 Å². The van der Waals surface area contributed by atoms with Crippen LogP contribution >= 0.6 is 11.6 Å². The number of hydrogen-bond acceptors (Lipinski definition) is 0. The summed E-state index contributed by atoms with van der Waals surface area (Å²) >= 11 is 6.30. The van der Waals surface area contributed by atoms with Crippen LogP contribution in [0.4, 0.5) is 0 Å². The standard InChI is InChI=1S/C14H19Cl/c1-10-6-7-12(8-11(10)2)9-13-4-3-5-14(13)15/h6-8,13-14H,3-5,9H2,1-2H3. The lowest BCUT2D eigenvalue weighted by Crippen LogP contribution is -2.10. The van der Waals surface area contributed by atoms with Gasteiger partial charge in [-0.05, 0) is 55.7 Å². The molecular formula is C14H19Cl. The molecule has 0 bridgehead atoms. The van der Waals surface area contributed by atoms with Gasteiger partial charge in [-0.25, -0.2) is 0 Å². The molecule has 2 unspecified atom stereocenters. The Labute approximate surface area is 97.6 Å². The van der Waals surface area contributed by atoms with Gasteiger partial charge in [-0.15, -0.1) is 11.6 Å². The summed E-state index contributed by atoms with van der Waals surface area (Å²) in [4.78, 5) is 0. The molecule has 1 heteroatoms. The van der Waals surface area contributed by atoms with E-state index in [4.69, 9.17) is 11.6 Å². The Morgan fingerprint density at radius 2 is 2.00 bits per heavy atom. The molecule has 0 N–H and O–H groups in total. The van der Waals surface area contributed by atoms with Crippen LogP contribution in [0.1, 0.15) is 36.0 Å². The molecule has 0 aromatic heterocycles. The van der Waals surface area contributed by atoms with E-state index in [-0.39, 0.29) is 0 Å². The minimum atomic E-state index is 0.409. The van der Waals surface area contributed by atoms with Crippen molar-refractivity contribution in [1.29, 1.82) is 0 Å². The van der Waals surface area contributed by atoms with Crippen LogP contribution in [0.5, 0.6) is 0 Å². The molecule has 1 aliphatic carbocycles. The first-order valence-electron chi connectivity index (χ1n) is 5.87. The lowest BCUT2D eigenvalue weighted by atomic mass is 9.95. The van der Waals surface area contributed by atoms with Gasteiger partial charge in [0.2, 0.25) is 0 Å². The third-order valence-electron chi connectivity index (χ3n) is 3.64. The largest absolute Gasteiger partial charge is 0.123 e. The predicted molar refractivity (Wildman–Crippen MR) is 66.6 cm³/mol. The van der Waals surface area contributed by atoms with Gasteiger partial charge >= 0.3 is 0 Å². The van der Waals surface area contributed by atoms with Gasteiger partial charge in [0.25, 0.3) is 0 Å². The molecule has 15 heavy (non-hydrogen) atoms. The maximum atomic E-state index is 6.30. The first-order valence-corrected chi connectivity index (χ1v) is 6.30. The van der Waals surface area contributed by atoms with Crippen molar-refractivity contribution in [2.45, 2.75) is 44.9 Å². The Bertz CT molecular complexity index is 343. The molecule has 1 aromatic carbocycles. The van der Waals surface area contributed by atoms with E-state index in [9.17, 15) is 0 Å². The maximum Gasteiger partial charge on any atom is 0.0367 e. The van der Waals surface area contributed by atoms with Crippen molar-refractivity contribution >= 4 is 11.6 Å². The third kappa shape index (κ3) is 2.55. The lowest BCUT2D eigenvalue weighted by Gasteiger charge is -2.14. The van der Waals surface area contributed by atoms with E-state index in [1.807, 2.05) is 0 Å². The zero-order valence-electron chi connectivity index (χ0n) is 9.59. The van der Waals surface area contributed by atoms with Crippen molar-refractivity contribution in [1.82, 2.24) is 0 Å². The number of aryl methyl sites for hydroxylation is 2. The fraction of sp³-hybridized carbons (Fsp3) is 0.571. The van der Waals surface area contributed by atoms with Crippen molar-refractivity contribution in [2.24, 2.45) is 5.92 Å². The molecule has 0 amide bonds. The fourth-order valence-electron chi connectivity index (χ4n) is 2.45. The van der Waals surface area contributed by atoms with Crippen LogP contribution < -0.4 is 0 Å². The molecule has 1 saturated carbocycles. The van der Waals surface area contributed by atoms with Gasteiger partial charge in [-0.3, -0.25) is 0 Å². The van der Waals surface area contributed by atoms with Crippen LogP contribution in [0, 0.1) is 19.8 Å². The van der Waals surface area contributed by atoms with Gasteiger partial charge < -0.3 is 0 Å². The molecule has 82 valence electrons. The molecule has 1 aromatic rings. The van der Waals surface area contributed by atoms with Gasteiger partial charge in [0, 0.05) is 5.38 Å². The van der Waals surface area contributed by atoms with Gasteiger partial charge in [0.15, 0.2) is 0 Å². The normalized spacial score (nSPS) is 25.8. The summed E-state index contributed by atoms with van der Waals surface area (Å²) < 4.78 is 0. The summed E-state index contributed by atoms with van der Waals surface area (Å²) in [7, 11) is 0. The zero-order valence-corrected chi connectivity index (χ0v) is 10.3. The third-order valence-corrected chi connectivity index (χ3v) is 4.21. The maximum absolute atomic E-state index is 6.30. The summed E-state index contributed by atoms with van der Waals surface area (Å²) in [6.45, 7) is 4.35. The van der Waals surface area contributed by atoms with E-state index in [0.29, 0.717) is 11.3 Å². The molecule has 0 radical (unpaired) electrons. The van der Waals surface area contributed by atoms with Crippen LogP contribution in [0.15, 0.2) is 18.2 Å². The Morgan fingerprint density at radius 3 is 2.60 bits per heavy atom. The van der Waals surface area contributed by atoms with E-state index in [1.165, 1.54) is 36.0 Å². The number of alkyl halides is 1. The molecule has 2 atom stereocenters. The van der Waals surface area contributed by atoms with Gasteiger partial charge in [0.05, 0.1) is 0 Å². The van der Waals surface area contributed by atoms with Crippen molar-refractivity contribution in [2.75, 3.05) is 0 Å². The number of hydrogen-bond donors (Lipinski definition) is 0. The molecule has 0 spiro atoms. The topological polar surface area (TPSA) is 0 Å². The molecular weight excluding hydrogens is 204 g/mol. The second-order valence-corrected chi connectivity index (χ2v) is 5.39. The Kier molecular flexibility index (Phi) is 3.35. The molecule has 0 aliphatic heterocycles. The molecule has 0 saturated heterocycles. The molecule has 1 fully saturated rings. The predicted octanol–water partition coefficient (Wildman–Crippen LogP) is 4.25. The second kappa shape index (κ2) is 4.57. The number of halogens is 1. The number of rotatable bonds is 2. The highest BCUT2D eigenvalue weighted by atomic mass is 35.5. The Hall–Kier alpha value is -0.490. The Balaban J connectivity index is 2.07. The molecule has 1 aliphatic rings. The van der Waals surface area contributed by atoms with Crippen LogP contribution in [-0.2, 0) is 6.42 Å². The van der Waals surface area contributed by atoms with Crippen molar-refractivity contribution in [3.05, 3.63) is 34.9 Å². The van der Waals surface area contributed by atoms with E-state index in [0.717, 1.165) is 6.42 Å². The van der Waals surface area contributed by atoms with Gasteiger partial charge in [-0.2, -0.15) is 0 Å². The highest BCUT2D eigenvalue weighted by Gasteiger charge is 2.25. The first kappa shape index (κ1) is 11.0. The second-order valence-electron chi connectivity index (χ2n) is 4.83. The summed E-state index contributed by atoms with van der Waals surface area (Å²) in [6.07, 6.45) is 4.98. The quantitative estimate of drug-likeness (QED) is 0.657. The smallest absolute Gasteiger partial charge is 0.0367 e. The molecule has 0 heterocycles. The minimum absolute atomic E-state index is 0.409. The highest BCUT2D eigenvalue weighted by molar-refractivity contribution is 6.20. The van der Waals surface area contributed by atoms with E-state index < -0.39 is 0 Å². The van der Waals surface area contributed by atoms with Crippen molar-refractivity contribution < 1.29 is 0 Å². The molecule has 0 nitrogen and oxygen atoms in total. The summed E-state index contributed by atoms with van der Waals surface area (Å²) in [5.41, 5.74) is 4.24. The van der Waals surface area contributed by atoms with E-state index >= 15 is 0 Å². The van der Waals surface area contributed by atoms with Crippen LogP contribution in [-0.4, -0.2) is 5.38 Å². The van der Waals surface area contributed by atoms with E-state index in [2.05, 4.69) is 32.0 Å². The zero-order chi connectivity index (χ0) is 10.8. The van der Waals surface area contributed by atoms with E-state index in [1.54, 1.807) is 0 Å². The van der Waals surface area contributed by atoms with Crippen molar-refractivity contribution in [3.8, 4) is 0 Å². The van der Waals surface area contributed by atoms with Gasteiger partial charge in [-0.1, -0.05) is 24.6 Å². The monoisotopic (exact) mass is 222 g/mol. The SMILES string of the molecule is Cc1ccc(CC2CCCC2Cl)cc1C. The van der Waals surface area contributed by atoms with Crippen LogP contribution in [0.25, 0.3) is 0 Å². The lowest BCUT2D eigenvalue weighted by molar-refractivity contribution is 0.552. The van der Waals surface area contributed by atoms with Crippen molar-refractivity contribution in [3.63, 3.8) is 0 Å². The first-order chi connectivity index (χ1) is 7.16. The van der Waals surface area contributed by atoms with Crippen LogP contribution in [0.3, 0.4) is 0 Å². The molecule has 2 rings (SSSR count). The Morgan fingerprint density at radius 1 is 1.20 bits per heavy atom. The summed E-state index contributed by atoms with van der Waals surface area (Å²) in [5, 5.41) is 0.409. The highest BCUT2D eigenvalue weighted by Crippen LogP contribution is 2.32. The van der Waals surface area contributed by atoms with Crippen LogP contribution in [0.2, 0.25) is 0 Å².